The Labute approximate surface area is 129 Å². The molecule has 0 fully saturated rings. The van der Waals surface area contributed by atoms with E-state index in [1.54, 1.807) is 11.8 Å². The second-order valence-electron chi connectivity index (χ2n) is 5.30. The molecule has 21 heavy (non-hydrogen) atoms. The van der Waals surface area contributed by atoms with E-state index < -0.39 is 0 Å². The van der Waals surface area contributed by atoms with Gasteiger partial charge in [-0.05, 0) is 43.2 Å². The Hall–Kier alpha value is -2.18. The molecule has 0 bridgehead atoms. The Morgan fingerprint density at radius 2 is 1.95 bits per heavy atom. The summed E-state index contributed by atoms with van der Waals surface area (Å²) < 4.78 is 0. The van der Waals surface area contributed by atoms with E-state index in [0.29, 0.717) is 11.6 Å². The van der Waals surface area contributed by atoms with Crippen molar-refractivity contribution in [3.05, 3.63) is 59.6 Å². The number of thioether (sulfide) groups is 1. The van der Waals surface area contributed by atoms with Crippen LogP contribution in [0.2, 0.25) is 0 Å². The Morgan fingerprint density at radius 1 is 1.19 bits per heavy atom. The van der Waals surface area contributed by atoms with E-state index >= 15 is 0 Å². The van der Waals surface area contributed by atoms with Crippen molar-refractivity contribution in [1.29, 1.82) is 5.26 Å². The Balaban J connectivity index is 2.09. The van der Waals surface area contributed by atoms with Crippen LogP contribution in [-0.4, -0.2) is 6.04 Å². The van der Waals surface area contributed by atoms with Gasteiger partial charge in [0.05, 0.1) is 22.3 Å². The molecule has 0 saturated carbocycles. The highest BCUT2D eigenvalue weighted by Gasteiger charge is 2.26. The molecule has 0 saturated heterocycles. The maximum atomic E-state index is 9.25. The van der Waals surface area contributed by atoms with Gasteiger partial charge < -0.3 is 4.90 Å². The van der Waals surface area contributed by atoms with Crippen molar-refractivity contribution >= 4 is 17.4 Å². The first kappa shape index (κ1) is 13.8. The molecular weight excluding hydrogens is 276 g/mol. The van der Waals surface area contributed by atoms with Crippen molar-refractivity contribution in [2.75, 3.05) is 4.90 Å². The number of hydrogen-bond donors (Lipinski definition) is 0. The van der Waals surface area contributed by atoms with Gasteiger partial charge in [0.15, 0.2) is 0 Å². The normalized spacial score (nSPS) is 13.4. The predicted molar refractivity (Wildman–Crippen MR) is 89.2 cm³/mol. The average Bonchev–Trinajstić information content (AvgIpc) is 2.82. The fourth-order valence-corrected chi connectivity index (χ4v) is 3.79. The minimum Gasteiger partial charge on any atom is -0.333 e. The number of rotatable bonds is 2. The van der Waals surface area contributed by atoms with Crippen molar-refractivity contribution in [2.24, 2.45) is 0 Å². The van der Waals surface area contributed by atoms with Crippen molar-refractivity contribution in [3.8, 4) is 17.2 Å². The zero-order valence-electron chi connectivity index (χ0n) is 12.1. The molecule has 1 aliphatic rings. The van der Waals surface area contributed by atoms with Crippen molar-refractivity contribution in [2.45, 2.75) is 24.8 Å². The summed E-state index contributed by atoms with van der Waals surface area (Å²) in [4.78, 5) is 3.46. The SMILES string of the molecule is C=C1Sc2cc(-c3ccccc3C#N)ccc2N1C(C)C. The second kappa shape index (κ2) is 5.31. The first-order valence-electron chi connectivity index (χ1n) is 6.91. The number of fused-ring (bicyclic) bond motifs is 1. The van der Waals surface area contributed by atoms with Gasteiger partial charge in [-0.2, -0.15) is 5.26 Å². The zero-order chi connectivity index (χ0) is 15.0. The van der Waals surface area contributed by atoms with Crippen LogP contribution in [0.4, 0.5) is 5.69 Å². The third-order valence-electron chi connectivity index (χ3n) is 3.59. The van der Waals surface area contributed by atoms with Gasteiger partial charge >= 0.3 is 0 Å². The van der Waals surface area contributed by atoms with E-state index in [0.717, 1.165) is 16.2 Å². The minimum atomic E-state index is 0.392. The molecule has 0 spiro atoms. The Bertz CT molecular complexity index is 756. The van der Waals surface area contributed by atoms with Crippen LogP contribution in [-0.2, 0) is 0 Å². The third kappa shape index (κ3) is 2.32. The zero-order valence-corrected chi connectivity index (χ0v) is 12.9. The summed E-state index contributed by atoms with van der Waals surface area (Å²) in [6.45, 7) is 8.48. The van der Waals surface area contributed by atoms with Gasteiger partial charge in [0, 0.05) is 10.9 Å². The van der Waals surface area contributed by atoms with Crippen LogP contribution in [0, 0.1) is 11.3 Å². The van der Waals surface area contributed by atoms with Gasteiger partial charge in [-0.15, -0.1) is 0 Å². The molecule has 0 amide bonds. The molecule has 3 rings (SSSR count). The van der Waals surface area contributed by atoms with E-state index in [1.807, 2.05) is 24.3 Å². The summed E-state index contributed by atoms with van der Waals surface area (Å²) in [6, 6.07) is 16.7. The molecule has 0 N–H and O–H groups in total. The third-order valence-corrected chi connectivity index (χ3v) is 4.57. The molecule has 0 unspecified atom stereocenters. The molecule has 3 heteroatoms. The molecule has 1 aliphatic heterocycles. The molecule has 0 atom stereocenters. The van der Waals surface area contributed by atoms with Crippen molar-refractivity contribution < 1.29 is 0 Å². The number of nitriles is 1. The monoisotopic (exact) mass is 292 g/mol. The maximum absolute atomic E-state index is 9.25. The van der Waals surface area contributed by atoms with Gasteiger partial charge in [0.1, 0.15) is 0 Å². The summed E-state index contributed by atoms with van der Waals surface area (Å²) >= 11 is 1.70. The second-order valence-corrected chi connectivity index (χ2v) is 6.41. The molecule has 2 nitrogen and oxygen atoms in total. The number of anilines is 1. The lowest BCUT2D eigenvalue weighted by molar-refractivity contribution is 0.778. The lowest BCUT2D eigenvalue weighted by Gasteiger charge is -2.24. The highest BCUT2D eigenvalue weighted by Crippen LogP contribution is 2.47. The van der Waals surface area contributed by atoms with Crippen molar-refractivity contribution in [3.63, 3.8) is 0 Å². The molecule has 0 aromatic heterocycles. The van der Waals surface area contributed by atoms with Crippen LogP contribution in [0.3, 0.4) is 0 Å². The fourth-order valence-electron chi connectivity index (χ4n) is 2.67. The first-order chi connectivity index (χ1) is 10.1. The van der Waals surface area contributed by atoms with Gasteiger partial charge in [-0.25, -0.2) is 0 Å². The highest BCUT2D eigenvalue weighted by molar-refractivity contribution is 8.03. The van der Waals surface area contributed by atoms with Crippen molar-refractivity contribution in [1.82, 2.24) is 0 Å². The van der Waals surface area contributed by atoms with E-state index in [9.17, 15) is 5.26 Å². The number of nitrogens with zero attached hydrogens (tertiary/aromatic N) is 2. The fraction of sp³-hybridized carbons (Fsp3) is 0.167. The van der Waals surface area contributed by atoms with Crippen LogP contribution in [0.1, 0.15) is 19.4 Å². The van der Waals surface area contributed by atoms with Crippen LogP contribution in [0.5, 0.6) is 0 Å². The lowest BCUT2D eigenvalue weighted by Crippen LogP contribution is -2.25. The first-order valence-corrected chi connectivity index (χ1v) is 7.73. The van der Waals surface area contributed by atoms with Crippen LogP contribution in [0.15, 0.2) is 59.0 Å². The summed E-state index contributed by atoms with van der Waals surface area (Å²) in [7, 11) is 0. The molecule has 0 radical (unpaired) electrons. The topological polar surface area (TPSA) is 27.0 Å². The van der Waals surface area contributed by atoms with Gasteiger partial charge in [-0.3, -0.25) is 0 Å². The molecule has 1 heterocycles. The van der Waals surface area contributed by atoms with Gasteiger partial charge in [-0.1, -0.05) is 42.6 Å². The molecule has 2 aromatic rings. The summed E-state index contributed by atoms with van der Waals surface area (Å²) in [5, 5.41) is 10.3. The van der Waals surface area contributed by atoms with Crippen LogP contribution < -0.4 is 4.90 Å². The largest absolute Gasteiger partial charge is 0.333 e. The minimum absolute atomic E-state index is 0.392. The maximum Gasteiger partial charge on any atom is 0.0998 e. The standard InChI is InChI=1S/C18H16N2S/c1-12(2)20-13(3)21-18-10-14(8-9-17(18)20)16-7-5-4-6-15(16)11-19/h4-10,12H,3H2,1-2H3. The van der Waals surface area contributed by atoms with Gasteiger partial charge in [0.25, 0.3) is 0 Å². The Kier molecular flexibility index (Phi) is 3.48. The average molecular weight is 292 g/mol. The molecule has 2 aromatic carbocycles. The number of benzene rings is 2. The molecule has 0 aliphatic carbocycles. The lowest BCUT2D eigenvalue weighted by atomic mass is 10.00. The summed E-state index contributed by atoms with van der Waals surface area (Å²) in [5.74, 6) is 0. The molecule has 104 valence electrons. The van der Waals surface area contributed by atoms with Crippen LogP contribution >= 0.6 is 11.8 Å². The van der Waals surface area contributed by atoms with E-state index in [2.05, 4.69) is 49.6 Å². The van der Waals surface area contributed by atoms with Gasteiger partial charge in [0.2, 0.25) is 0 Å². The predicted octanol–water partition coefficient (Wildman–Crippen LogP) is 5.02. The van der Waals surface area contributed by atoms with E-state index in [4.69, 9.17) is 0 Å². The van der Waals surface area contributed by atoms with E-state index in [-0.39, 0.29) is 0 Å². The molecular formula is C18H16N2S. The quantitative estimate of drug-likeness (QED) is 0.778. The number of hydrogen-bond acceptors (Lipinski definition) is 3. The highest BCUT2D eigenvalue weighted by atomic mass is 32.2. The van der Waals surface area contributed by atoms with Crippen LogP contribution in [0.25, 0.3) is 11.1 Å². The smallest absolute Gasteiger partial charge is 0.0998 e. The Morgan fingerprint density at radius 3 is 2.67 bits per heavy atom. The summed E-state index contributed by atoms with van der Waals surface area (Å²) in [6.07, 6.45) is 0. The summed E-state index contributed by atoms with van der Waals surface area (Å²) in [5.41, 5.74) is 3.98. The van der Waals surface area contributed by atoms with E-state index in [1.165, 1.54) is 10.6 Å².